The SMILES string of the molecule is CCCCN1CC(O)N(c2nnc(S(=O)(=O)N(CC)CC)s2)C1=O. The summed E-state index contributed by atoms with van der Waals surface area (Å²) in [5.74, 6) is 0. The number of carbonyl (C=O) groups excluding carboxylic acids is 1. The van der Waals surface area contributed by atoms with Gasteiger partial charge in [0.2, 0.25) is 9.47 Å². The van der Waals surface area contributed by atoms with Crippen molar-refractivity contribution in [2.75, 3.05) is 31.1 Å². The lowest BCUT2D eigenvalue weighted by atomic mass is 10.3. The molecule has 1 saturated heterocycles. The first-order chi connectivity index (χ1) is 11.4. The van der Waals surface area contributed by atoms with Gasteiger partial charge in [0.1, 0.15) is 0 Å². The smallest absolute Gasteiger partial charge is 0.328 e. The van der Waals surface area contributed by atoms with Crippen molar-refractivity contribution in [1.29, 1.82) is 0 Å². The van der Waals surface area contributed by atoms with Crippen LogP contribution in [0.2, 0.25) is 0 Å². The molecule has 1 unspecified atom stereocenters. The van der Waals surface area contributed by atoms with E-state index in [1.165, 1.54) is 9.21 Å². The van der Waals surface area contributed by atoms with Crippen LogP contribution in [0.15, 0.2) is 4.34 Å². The Morgan fingerprint density at radius 3 is 2.54 bits per heavy atom. The minimum absolute atomic E-state index is 0.0947. The van der Waals surface area contributed by atoms with Gasteiger partial charge in [-0.1, -0.05) is 38.5 Å². The number of unbranched alkanes of at least 4 members (excludes halogenated alkanes) is 1. The fraction of sp³-hybridized carbons (Fsp3) is 0.769. The van der Waals surface area contributed by atoms with Crippen LogP contribution in [0.25, 0.3) is 0 Å². The molecular weight excluding hydrogens is 354 g/mol. The van der Waals surface area contributed by atoms with Crippen molar-refractivity contribution in [2.45, 2.75) is 44.2 Å². The van der Waals surface area contributed by atoms with E-state index in [0.717, 1.165) is 29.1 Å². The highest BCUT2D eigenvalue weighted by molar-refractivity contribution is 7.91. The normalized spacial score (nSPS) is 18.9. The van der Waals surface area contributed by atoms with Crippen molar-refractivity contribution >= 4 is 32.5 Å². The van der Waals surface area contributed by atoms with E-state index in [1.54, 1.807) is 13.8 Å². The number of rotatable bonds is 8. The highest BCUT2D eigenvalue weighted by Gasteiger charge is 2.39. The molecule has 0 saturated carbocycles. The van der Waals surface area contributed by atoms with Crippen molar-refractivity contribution in [3.05, 3.63) is 0 Å². The maximum atomic E-state index is 12.4. The summed E-state index contributed by atoms with van der Waals surface area (Å²) in [6, 6.07) is -0.376. The van der Waals surface area contributed by atoms with Crippen LogP contribution in [0.4, 0.5) is 9.93 Å². The number of carbonyl (C=O) groups is 1. The third-order valence-electron chi connectivity index (χ3n) is 3.81. The largest absolute Gasteiger partial charge is 0.371 e. The van der Waals surface area contributed by atoms with Gasteiger partial charge in [-0.25, -0.2) is 18.1 Å². The summed E-state index contributed by atoms with van der Waals surface area (Å²) in [4.78, 5) is 15.0. The van der Waals surface area contributed by atoms with Crippen LogP contribution in [0.1, 0.15) is 33.6 Å². The van der Waals surface area contributed by atoms with Crippen molar-refractivity contribution in [3.8, 4) is 0 Å². The number of β-amino-alcohol motifs (C(OH)–C–C–N with tert-alkyl or cyclic N) is 1. The maximum absolute atomic E-state index is 12.4. The van der Waals surface area contributed by atoms with Gasteiger partial charge in [0, 0.05) is 19.6 Å². The van der Waals surface area contributed by atoms with Gasteiger partial charge < -0.3 is 10.0 Å². The molecule has 24 heavy (non-hydrogen) atoms. The van der Waals surface area contributed by atoms with E-state index >= 15 is 0 Å². The topological polar surface area (TPSA) is 107 Å². The lowest BCUT2D eigenvalue weighted by Crippen LogP contribution is -2.35. The zero-order valence-corrected chi connectivity index (χ0v) is 15.7. The molecule has 1 aromatic heterocycles. The summed E-state index contributed by atoms with van der Waals surface area (Å²) in [7, 11) is -3.73. The zero-order chi connectivity index (χ0) is 17.9. The molecular formula is C13H23N5O4S2. The van der Waals surface area contributed by atoms with Crippen molar-refractivity contribution < 1.29 is 18.3 Å². The van der Waals surface area contributed by atoms with Gasteiger partial charge in [0.25, 0.3) is 10.0 Å². The number of anilines is 1. The summed E-state index contributed by atoms with van der Waals surface area (Å²) in [5.41, 5.74) is 0. The third kappa shape index (κ3) is 3.53. The predicted molar refractivity (Wildman–Crippen MR) is 90.4 cm³/mol. The quantitative estimate of drug-likeness (QED) is 0.675. The van der Waals surface area contributed by atoms with Crippen LogP contribution in [0.5, 0.6) is 0 Å². The molecule has 1 aliphatic rings. The lowest BCUT2D eigenvalue weighted by molar-refractivity contribution is 0.176. The number of hydrogen-bond acceptors (Lipinski definition) is 7. The number of nitrogens with zero attached hydrogens (tertiary/aromatic N) is 5. The second-order valence-electron chi connectivity index (χ2n) is 5.37. The minimum atomic E-state index is -3.73. The van der Waals surface area contributed by atoms with Crippen LogP contribution in [0.3, 0.4) is 0 Å². The van der Waals surface area contributed by atoms with E-state index in [2.05, 4.69) is 10.2 Å². The van der Waals surface area contributed by atoms with Crippen molar-refractivity contribution in [1.82, 2.24) is 19.4 Å². The summed E-state index contributed by atoms with van der Waals surface area (Å²) in [6.07, 6.45) is 0.723. The lowest BCUT2D eigenvalue weighted by Gasteiger charge is -2.16. The van der Waals surface area contributed by atoms with Gasteiger partial charge in [0.05, 0.1) is 6.54 Å². The number of amides is 2. The number of sulfonamides is 1. The van der Waals surface area contributed by atoms with E-state index in [9.17, 15) is 18.3 Å². The van der Waals surface area contributed by atoms with Crippen LogP contribution < -0.4 is 4.90 Å². The van der Waals surface area contributed by atoms with Gasteiger partial charge in [-0.3, -0.25) is 0 Å². The van der Waals surface area contributed by atoms with Crippen molar-refractivity contribution in [2.24, 2.45) is 0 Å². The predicted octanol–water partition coefficient (Wildman–Crippen LogP) is 0.929. The van der Waals surface area contributed by atoms with Crippen LogP contribution in [-0.4, -0.2) is 71.4 Å². The molecule has 0 aromatic carbocycles. The molecule has 2 amide bonds. The Morgan fingerprint density at radius 2 is 1.96 bits per heavy atom. The minimum Gasteiger partial charge on any atom is -0.371 e. The van der Waals surface area contributed by atoms with E-state index in [4.69, 9.17) is 0 Å². The van der Waals surface area contributed by atoms with Gasteiger partial charge in [0.15, 0.2) is 6.23 Å². The maximum Gasteiger partial charge on any atom is 0.328 e. The fourth-order valence-electron chi connectivity index (χ4n) is 2.46. The summed E-state index contributed by atoms with van der Waals surface area (Å²) < 4.78 is 26.0. The Morgan fingerprint density at radius 1 is 1.29 bits per heavy atom. The number of hydrogen-bond donors (Lipinski definition) is 1. The summed E-state index contributed by atoms with van der Waals surface area (Å²) >= 11 is 0.796. The molecule has 0 bridgehead atoms. The standard InChI is InChI=1S/C13H23N5O4S2/c1-4-7-8-16-9-10(19)18(13(16)20)11-14-15-12(23-11)24(21,22)17(5-2)6-3/h10,19H,4-9H2,1-3H3. The fourth-order valence-corrected chi connectivity index (χ4v) is 5.08. The Kier molecular flexibility index (Phi) is 6.12. The molecule has 0 aliphatic carbocycles. The van der Waals surface area contributed by atoms with Gasteiger partial charge in [-0.05, 0) is 6.42 Å². The molecule has 2 rings (SSSR count). The number of urea groups is 1. The number of aliphatic hydroxyl groups is 1. The first-order valence-corrected chi connectivity index (χ1v) is 10.2. The van der Waals surface area contributed by atoms with Gasteiger partial charge >= 0.3 is 6.03 Å². The summed E-state index contributed by atoms with van der Waals surface area (Å²) in [6.45, 7) is 6.87. The summed E-state index contributed by atoms with van der Waals surface area (Å²) in [5, 5.41) is 17.8. The molecule has 1 fully saturated rings. The van der Waals surface area contributed by atoms with E-state index in [1.807, 2.05) is 6.92 Å². The second kappa shape index (κ2) is 7.72. The molecule has 136 valence electrons. The molecule has 1 aromatic rings. The molecule has 1 atom stereocenters. The molecule has 11 heteroatoms. The second-order valence-corrected chi connectivity index (χ2v) is 8.44. The van der Waals surface area contributed by atoms with E-state index < -0.39 is 16.3 Å². The molecule has 1 aliphatic heterocycles. The van der Waals surface area contributed by atoms with Crippen molar-refractivity contribution in [3.63, 3.8) is 0 Å². The first kappa shape index (κ1) is 19.0. The van der Waals surface area contributed by atoms with E-state index in [0.29, 0.717) is 19.6 Å². The number of aromatic nitrogens is 2. The Bertz CT molecular complexity index is 674. The molecule has 1 N–H and O–H groups in total. The Labute approximate surface area is 145 Å². The zero-order valence-electron chi connectivity index (χ0n) is 14.0. The Balaban J connectivity index is 2.23. The molecule has 0 spiro atoms. The highest BCUT2D eigenvalue weighted by Crippen LogP contribution is 2.30. The molecule has 0 radical (unpaired) electrons. The monoisotopic (exact) mass is 377 g/mol. The van der Waals surface area contributed by atoms with Crippen LogP contribution >= 0.6 is 11.3 Å². The van der Waals surface area contributed by atoms with Gasteiger partial charge in [-0.2, -0.15) is 4.31 Å². The van der Waals surface area contributed by atoms with Crippen LogP contribution in [-0.2, 0) is 10.0 Å². The highest BCUT2D eigenvalue weighted by atomic mass is 32.2. The van der Waals surface area contributed by atoms with Crippen LogP contribution in [0, 0.1) is 0 Å². The number of aliphatic hydroxyl groups excluding tert-OH is 1. The average molecular weight is 377 g/mol. The Hall–Kier alpha value is -1.30. The van der Waals surface area contributed by atoms with Gasteiger partial charge in [-0.15, -0.1) is 10.2 Å². The third-order valence-corrected chi connectivity index (χ3v) is 7.13. The molecule has 9 nitrogen and oxygen atoms in total. The van der Waals surface area contributed by atoms with E-state index in [-0.39, 0.29) is 22.0 Å². The average Bonchev–Trinajstić information content (AvgIpc) is 3.11. The first-order valence-electron chi connectivity index (χ1n) is 7.96. The molecule has 2 heterocycles.